The Bertz CT molecular complexity index is 937. The van der Waals surface area contributed by atoms with E-state index in [0.29, 0.717) is 5.56 Å². The molecule has 132 valence electrons. The maximum absolute atomic E-state index is 12.0. The van der Waals surface area contributed by atoms with Crippen LogP contribution in [0.4, 0.5) is 0 Å². The summed E-state index contributed by atoms with van der Waals surface area (Å²) in [5.41, 5.74) is 5.62. The summed E-state index contributed by atoms with van der Waals surface area (Å²) in [5.74, 6) is 0.743. The molecule has 0 amide bonds. The van der Waals surface area contributed by atoms with Crippen molar-refractivity contribution >= 4 is 17.2 Å². The second kappa shape index (κ2) is 6.72. The fourth-order valence-corrected chi connectivity index (χ4v) is 3.45. The summed E-state index contributed by atoms with van der Waals surface area (Å²) in [5, 5.41) is 8.63. The number of aromatic nitrogens is 3. The minimum atomic E-state index is 0.684. The second-order valence-corrected chi connectivity index (χ2v) is 6.19. The lowest BCUT2D eigenvalue weighted by Crippen LogP contribution is -2.15. The third-order valence-electron chi connectivity index (χ3n) is 4.76. The summed E-state index contributed by atoms with van der Waals surface area (Å²) in [4.78, 5) is 12.0. The van der Waals surface area contributed by atoms with Crippen molar-refractivity contribution in [3.05, 3.63) is 35.2 Å². The van der Waals surface area contributed by atoms with Crippen LogP contribution in [0.1, 0.15) is 21.7 Å². The molecule has 0 saturated heterocycles. The number of aldehydes is 1. The number of methoxy groups -OCH3 is 1. The number of hydrogen-bond acceptors (Lipinski definition) is 4. The van der Waals surface area contributed by atoms with Gasteiger partial charge in [-0.1, -0.05) is 0 Å². The summed E-state index contributed by atoms with van der Waals surface area (Å²) >= 11 is 0. The zero-order valence-corrected chi connectivity index (χ0v) is 15.4. The minimum absolute atomic E-state index is 0.684. The normalized spacial score (nSPS) is 11.2. The van der Waals surface area contributed by atoms with E-state index in [1.807, 2.05) is 50.8 Å². The Morgan fingerprint density at radius 3 is 2.64 bits per heavy atom. The molecule has 3 aromatic rings. The van der Waals surface area contributed by atoms with E-state index in [4.69, 9.17) is 4.74 Å². The predicted octanol–water partition coefficient (Wildman–Crippen LogP) is 2.70. The monoisotopic (exact) mass is 340 g/mol. The van der Waals surface area contributed by atoms with E-state index in [9.17, 15) is 4.79 Å². The Kier molecular flexibility index (Phi) is 4.63. The molecular weight excluding hydrogens is 316 g/mol. The first-order valence-electron chi connectivity index (χ1n) is 8.34. The summed E-state index contributed by atoms with van der Waals surface area (Å²) in [6.07, 6.45) is 0.943. The maximum Gasteiger partial charge on any atom is 0.152 e. The predicted molar refractivity (Wildman–Crippen MR) is 99.5 cm³/mol. The third-order valence-corrected chi connectivity index (χ3v) is 4.76. The lowest BCUT2D eigenvalue weighted by Gasteiger charge is -2.12. The molecule has 0 aliphatic carbocycles. The molecule has 0 fully saturated rings. The first kappa shape index (κ1) is 17.2. The van der Waals surface area contributed by atoms with Gasteiger partial charge in [-0.15, -0.1) is 0 Å². The quantitative estimate of drug-likeness (QED) is 0.701. The number of ether oxygens (including phenoxy) is 1. The summed E-state index contributed by atoms with van der Waals surface area (Å²) in [6, 6.07) is 5.88. The maximum atomic E-state index is 12.0. The molecule has 2 heterocycles. The van der Waals surface area contributed by atoms with Gasteiger partial charge in [-0.3, -0.25) is 9.48 Å². The van der Waals surface area contributed by atoms with Gasteiger partial charge in [0.15, 0.2) is 6.29 Å². The molecule has 0 bridgehead atoms. The Hall–Kier alpha value is -2.60. The van der Waals surface area contributed by atoms with Gasteiger partial charge < -0.3 is 14.6 Å². The van der Waals surface area contributed by atoms with Crippen LogP contribution in [-0.4, -0.2) is 41.3 Å². The van der Waals surface area contributed by atoms with Crippen molar-refractivity contribution in [1.29, 1.82) is 0 Å². The van der Waals surface area contributed by atoms with Crippen LogP contribution in [0.2, 0.25) is 0 Å². The van der Waals surface area contributed by atoms with Gasteiger partial charge in [0.25, 0.3) is 0 Å². The Labute approximate surface area is 147 Å². The molecule has 0 unspecified atom stereocenters. The first-order valence-corrected chi connectivity index (χ1v) is 8.34. The number of carbonyl (C=O) groups excluding carboxylic acids is 1. The molecule has 0 radical (unpaired) electrons. The second-order valence-electron chi connectivity index (χ2n) is 6.19. The molecule has 0 saturated carbocycles. The average molecular weight is 340 g/mol. The summed E-state index contributed by atoms with van der Waals surface area (Å²) in [6.45, 7) is 5.58. The van der Waals surface area contributed by atoms with E-state index < -0.39 is 0 Å². The highest BCUT2D eigenvalue weighted by Gasteiger charge is 2.23. The minimum Gasteiger partial charge on any atom is -0.497 e. The van der Waals surface area contributed by atoms with E-state index in [0.717, 1.165) is 58.7 Å². The number of benzene rings is 1. The molecule has 1 aromatic carbocycles. The SMILES string of the molecule is CNCCn1c(-c2c(C)nn(C)c2C)c(C=O)c2cc(OC)ccc21. The van der Waals surface area contributed by atoms with Gasteiger partial charge in [-0.25, -0.2) is 0 Å². The zero-order chi connectivity index (χ0) is 18.1. The Balaban J connectivity index is 2.40. The average Bonchev–Trinajstić information content (AvgIpc) is 3.04. The molecule has 0 aliphatic rings. The fourth-order valence-electron chi connectivity index (χ4n) is 3.45. The van der Waals surface area contributed by atoms with Crippen LogP contribution in [0.3, 0.4) is 0 Å². The molecule has 6 nitrogen and oxygen atoms in total. The van der Waals surface area contributed by atoms with E-state index in [1.165, 1.54) is 0 Å². The lowest BCUT2D eigenvalue weighted by molar-refractivity contribution is 0.112. The van der Waals surface area contributed by atoms with E-state index in [2.05, 4.69) is 15.0 Å². The van der Waals surface area contributed by atoms with Crippen LogP contribution in [0, 0.1) is 13.8 Å². The standard InChI is InChI=1S/C19H24N4O2/c1-12-18(13(2)22(4)21-12)19-16(11-24)15-10-14(25-5)6-7-17(15)23(19)9-8-20-3/h6-7,10-11,20H,8-9H2,1-5H3. The zero-order valence-electron chi connectivity index (χ0n) is 15.4. The molecule has 6 heteroatoms. The van der Waals surface area contributed by atoms with Crippen LogP contribution in [-0.2, 0) is 13.6 Å². The van der Waals surface area contributed by atoms with E-state index in [1.54, 1.807) is 7.11 Å². The molecule has 1 N–H and O–H groups in total. The molecule has 2 aromatic heterocycles. The van der Waals surface area contributed by atoms with Gasteiger partial charge in [0.1, 0.15) is 5.75 Å². The smallest absolute Gasteiger partial charge is 0.152 e. The number of nitrogens with one attached hydrogen (secondary N) is 1. The number of nitrogens with zero attached hydrogens (tertiary/aromatic N) is 3. The van der Waals surface area contributed by atoms with E-state index in [-0.39, 0.29) is 0 Å². The van der Waals surface area contributed by atoms with Crippen molar-refractivity contribution < 1.29 is 9.53 Å². The van der Waals surface area contributed by atoms with Crippen LogP contribution in [0.5, 0.6) is 5.75 Å². The highest BCUT2D eigenvalue weighted by atomic mass is 16.5. The number of fused-ring (bicyclic) bond motifs is 1. The van der Waals surface area contributed by atoms with Crippen molar-refractivity contribution in [2.24, 2.45) is 7.05 Å². The topological polar surface area (TPSA) is 61.1 Å². The van der Waals surface area contributed by atoms with Gasteiger partial charge >= 0.3 is 0 Å². The number of likely N-dealkylation sites (N-methyl/N-ethyl adjacent to an activating group) is 1. The lowest BCUT2D eigenvalue weighted by atomic mass is 10.0. The van der Waals surface area contributed by atoms with Crippen LogP contribution >= 0.6 is 0 Å². The van der Waals surface area contributed by atoms with Gasteiger partial charge in [-0.05, 0) is 39.1 Å². The summed E-state index contributed by atoms with van der Waals surface area (Å²) in [7, 11) is 5.49. The molecule has 0 atom stereocenters. The number of hydrogen-bond donors (Lipinski definition) is 1. The Morgan fingerprint density at radius 2 is 2.08 bits per heavy atom. The summed E-state index contributed by atoms with van der Waals surface area (Å²) < 4.78 is 9.42. The van der Waals surface area contributed by atoms with Crippen LogP contribution in [0.15, 0.2) is 18.2 Å². The van der Waals surface area contributed by atoms with Crippen molar-refractivity contribution in [2.75, 3.05) is 20.7 Å². The van der Waals surface area contributed by atoms with Gasteiger partial charge in [0.05, 0.1) is 18.5 Å². The first-order chi connectivity index (χ1) is 12.0. The third kappa shape index (κ3) is 2.72. The van der Waals surface area contributed by atoms with Crippen molar-refractivity contribution in [1.82, 2.24) is 19.7 Å². The Morgan fingerprint density at radius 1 is 1.32 bits per heavy atom. The van der Waals surface area contributed by atoms with Gasteiger partial charge in [0, 0.05) is 47.9 Å². The van der Waals surface area contributed by atoms with E-state index >= 15 is 0 Å². The molecular formula is C19H24N4O2. The molecule has 0 aliphatic heterocycles. The van der Waals surface area contributed by atoms with Gasteiger partial charge in [-0.2, -0.15) is 5.10 Å². The number of carbonyl (C=O) groups is 1. The number of rotatable bonds is 6. The molecule has 0 spiro atoms. The highest BCUT2D eigenvalue weighted by molar-refractivity contribution is 6.06. The van der Waals surface area contributed by atoms with Crippen LogP contribution < -0.4 is 10.1 Å². The largest absolute Gasteiger partial charge is 0.497 e. The highest BCUT2D eigenvalue weighted by Crippen LogP contribution is 2.37. The number of aryl methyl sites for hydroxylation is 2. The van der Waals surface area contributed by atoms with Crippen molar-refractivity contribution in [3.8, 4) is 17.0 Å². The fraction of sp³-hybridized carbons (Fsp3) is 0.368. The van der Waals surface area contributed by atoms with Crippen molar-refractivity contribution in [2.45, 2.75) is 20.4 Å². The van der Waals surface area contributed by atoms with Crippen LogP contribution in [0.25, 0.3) is 22.2 Å². The van der Waals surface area contributed by atoms with Gasteiger partial charge in [0.2, 0.25) is 0 Å². The van der Waals surface area contributed by atoms with Crippen molar-refractivity contribution in [3.63, 3.8) is 0 Å². The molecule has 3 rings (SSSR count). The molecule has 25 heavy (non-hydrogen) atoms.